The smallest absolute Gasteiger partial charge is 0.407 e. The Labute approximate surface area is 274 Å². The lowest BCUT2D eigenvalue weighted by Gasteiger charge is -2.41. The summed E-state index contributed by atoms with van der Waals surface area (Å²) in [5, 5.41) is 10.2. The fraction of sp³-hybridized carbons (Fsp3) is 0.486. The predicted octanol–water partition coefficient (Wildman–Crippen LogP) is 4.93. The normalized spacial score (nSPS) is 18.2. The molecule has 1 aromatic heterocycles. The van der Waals surface area contributed by atoms with Gasteiger partial charge in [-0.05, 0) is 60.6 Å². The first-order valence-corrected chi connectivity index (χ1v) is 17.1. The van der Waals surface area contributed by atoms with E-state index in [1.807, 2.05) is 30.0 Å². The van der Waals surface area contributed by atoms with Crippen LogP contribution in [-0.4, -0.2) is 107 Å². The summed E-state index contributed by atoms with van der Waals surface area (Å²) in [6, 6.07) is 12.2. The first kappa shape index (κ1) is 32.2. The minimum atomic E-state index is -0.966. The molecule has 1 atom stereocenters. The molecule has 10 nitrogen and oxygen atoms in total. The molecule has 0 aliphatic carbocycles. The molecular formula is C35H43N5O5S. The minimum Gasteiger partial charge on any atom is -0.465 e. The van der Waals surface area contributed by atoms with Gasteiger partial charge in [0.1, 0.15) is 0 Å². The van der Waals surface area contributed by atoms with Gasteiger partial charge in [0, 0.05) is 74.9 Å². The molecule has 11 heteroatoms. The van der Waals surface area contributed by atoms with Crippen LogP contribution in [0.1, 0.15) is 67.1 Å². The molecule has 0 bridgehead atoms. The first-order chi connectivity index (χ1) is 22.2. The fourth-order valence-electron chi connectivity index (χ4n) is 6.77. The maximum absolute atomic E-state index is 14.9. The summed E-state index contributed by atoms with van der Waals surface area (Å²) < 4.78 is 5.59. The highest BCUT2D eigenvalue weighted by Crippen LogP contribution is 2.36. The Kier molecular flexibility index (Phi) is 9.72. The molecule has 2 aromatic carbocycles. The number of morpholine rings is 1. The maximum Gasteiger partial charge on any atom is 0.407 e. The van der Waals surface area contributed by atoms with Crippen molar-refractivity contribution in [3.8, 4) is 11.3 Å². The lowest BCUT2D eigenvalue weighted by atomic mass is 9.89. The molecule has 1 saturated heterocycles. The summed E-state index contributed by atoms with van der Waals surface area (Å²) >= 11 is 1.36. The third-order valence-corrected chi connectivity index (χ3v) is 10.4. The summed E-state index contributed by atoms with van der Waals surface area (Å²) in [5.41, 5.74) is 6.11. The number of thiazole rings is 1. The number of carboxylic acid groups (broad SMARTS) is 1. The number of ether oxygens (including phenoxy) is 1. The summed E-state index contributed by atoms with van der Waals surface area (Å²) in [6.45, 7) is 9.59. The Morgan fingerprint density at radius 2 is 1.80 bits per heavy atom. The summed E-state index contributed by atoms with van der Waals surface area (Å²) in [7, 11) is 1.80. The molecule has 0 spiro atoms. The van der Waals surface area contributed by atoms with E-state index in [1.165, 1.54) is 21.8 Å². The largest absolute Gasteiger partial charge is 0.465 e. The molecule has 46 heavy (non-hydrogen) atoms. The number of hydrogen-bond donors (Lipinski definition) is 1. The van der Waals surface area contributed by atoms with Crippen LogP contribution in [0.5, 0.6) is 0 Å². The number of nitrogens with zero attached hydrogens (tertiary/aromatic N) is 5. The number of benzene rings is 2. The number of fused-ring (bicyclic) bond motifs is 2. The van der Waals surface area contributed by atoms with Crippen LogP contribution < -0.4 is 0 Å². The van der Waals surface area contributed by atoms with Crippen LogP contribution in [0, 0.1) is 6.92 Å². The average Bonchev–Trinajstić information content (AvgIpc) is 3.46. The van der Waals surface area contributed by atoms with Gasteiger partial charge in [-0.1, -0.05) is 37.6 Å². The number of carbonyl (C=O) groups is 3. The Bertz CT molecular complexity index is 1620. The van der Waals surface area contributed by atoms with Gasteiger partial charge in [-0.15, -0.1) is 11.3 Å². The van der Waals surface area contributed by atoms with E-state index in [4.69, 9.17) is 9.72 Å². The molecule has 0 unspecified atom stereocenters. The second kappa shape index (κ2) is 13.9. The lowest BCUT2D eigenvalue weighted by molar-refractivity contribution is 0.0193. The van der Waals surface area contributed by atoms with Gasteiger partial charge < -0.3 is 24.5 Å². The van der Waals surface area contributed by atoms with E-state index in [0.717, 1.165) is 60.5 Å². The molecule has 3 aromatic rings. The zero-order chi connectivity index (χ0) is 32.4. The highest BCUT2D eigenvalue weighted by molar-refractivity contribution is 7.14. The number of aromatic nitrogens is 1. The molecular weight excluding hydrogens is 602 g/mol. The van der Waals surface area contributed by atoms with Crippen molar-refractivity contribution in [1.29, 1.82) is 0 Å². The second-order valence-corrected chi connectivity index (χ2v) is 13.8. The van der Waals surface area contributed by atoms with Gasteiger partial charge in [-0.25, -0.2) is 9.78 Å². The molecule has 1 N–H and O–H groups in total. The molecule has 3 aliphatic rings. The van der Waals surface area contributed by atoms with E-state index in [-0.39, 0.29) is 24.4 Å². The molecule has 3 amide bonds. The second-order valence-electron chi connectivity index (χ2n) is 12.6. The molecule has 4 heterocycles. The SMILES string of the molecule is CCCCN(C)C(=O)c1nc(-c2cc3c(cc2C(=O)N2Cc4ccccc4C[C@H]2CN2CCOCC2)CN(C(=O)O)CC3)c(C)s1. The van der Waals surface area contributed by atoms with Crippen LogP contribution in [0.25, 0.3) is 11.3 Å². The third kappa shape index (κ3) is 6.67. The molecule has 6 rings (SSSR count). The third-order valence-electron chi connectivity index (χ3n) is 9.47. The predicted molar refractivity (Wildman–Crippen MR) is 177 cm³/mol. The zero-order valence-corrected chi connectivity index (χ0v) is 27.8. The molecule has 3 aliphatic heterocycles. The lowest BCUT2D eigenvalue weighted by Crippen LogP contribution is -2.52. The average molecular weight is 646 g/mol. The first-order valence-electron chi connectivity index (χ1n) is 16.3. The van der Waals surface area contributed by atoms with Gasteiger partial charge >= 0.3 is 6.09 Å². The number of amides is 3. The van der Waals surface area contributed by atoms with E-state index in [9.17, 15) is 19.5 Å². The standard InChI is InChI=1S/C35H43N5O5S/c1-4-5-11-37(3)34(42)32-36-31(23(2)46-32)29-18-25-10-12-39(35(43)44)20-27(25)19-30(29)33(41)40-21-26-9-7-6-8-24(26)17-28(40)22-38-13-15-45-16-14-38/h6-9,18-19,28H,4-5,10-17,20-22H2,1-3H3,(H,43,44)/t28-/m0/s1. The van der Waals surface area contributed by atoms with E-state index in [0.29, 0.717) is 61.1 Å². The number of unbranched alkanes of at least 4 members (excludes halogenated alkanes) is 1. The number of hydrogen-bond acceptors (Lipinski definition) is 7. The van der Waals surface area contributed by atoms with Crippen LogP contribution in [0.2, 0.25) is 0 Å². The van der Waals surface area contributed by atoms with Crippen molar-refractivity contribution in [3.05, 3.63) is 74.1 Å². The fourth-order valence-corrected chi connectivity index (χ4v) is 7.69. The van der Waals surface area contributed by atoms with Crippen molar-refractivity contribution in [2.75, 3.05) is 53.0 Å². The van der Waals surface area contributed by atoms with Crippen LogP contribution in [0.4, 0.5) is 4.79 Å². The van der Waals surface area contributed by atoms with E-state index >= 15 is 0 Å². The minimum absolute atomic E-state index is 0.0409. The monoisotopic (exact) mass is 645 g/mol. The molecule has 244 valence electrons. The highest BCUT2D eigenvalue weighted by Gasteiger charge is 2.35. The van der Waals surface area contributed by atoms with Crippen molar-refractivity contribution in [2.24, 2.45) is 0 Å². The van der Waals surface area contributed by atoms with Crippen LogP contribution >= 0.6 is 11.3 Å². The van der Waals surface area contributed by atoms with Gasteiger partial charge in [0.05, 0.1) is 18.9 Å². The van der Waals surface area contributed by atoms with Crippen molar-refractivity contribution < 1.29 is 24.2 Å². The maximum atomic E-state index is 14.9. The van der Waals surface area contributed by atoms with Gasteiger partial charge in [-0.3, -0.25) is 14.5 Å². The van der Waals surface area contributed by atoms with Gasteiger partial charge in [0.25, 0.3) is 11.8 Å². The summed E-state index contributed by atoms with van der Waals surface area (Å²) in [4.78, 5) is 53.3. The van der Waals surface area contributed by atoms with Crippen LogP contribution in [0.3, 0.4) is 0 Å². The summed E-state index contributed by atoms with van der Waals surface area (Å²) in [6.07, 6.45) is 2.25. The van der Waals surface area contributed by atoms with Gasteiger partial charge in [0.2, 0.25) is 0 Å². The van der Waals surface area contributed by atoms with E-state index in [2.05, 4.69) is 30.0 Å². The van der Waals surface area contributed by atoms with Gasteiger partial charge in [0.15, 0.2) is 5.01 Å². The van der Waals surface area contributed by atoms with E-state index < -0.39 is 6.09 Å². The Morgan fingerprint density at radius 1 is 1.04 bits per heavy atom. The van der Waals surface area contributed by atoms with Crippen molar-refractivity contribution in [3.63, 3.8) is 0 Å². The van der Waals surface area contributed by atoms with Crippen molar-refractivity contribution in [2.45, 2.75) is 58.7 Å². The number of carbonyl (C=O) groups excluding carboxylic acids is 2. The van der Waals surface area contributed by atoms with Gasteiger partial charge in [-0.2, -0.15) is 0 Å². The van der Waals surface area contributed by atoms with Crippen LogP contribution in [-0.2, 0) is 30.7 Å². The number of rotatable bonds is 8. The zero-order valence-electron chi connectivity index (χ0n) is 27.0. The molecule has 0 radical (unpaired) electrons. The topological polar surface area (TPSA) is 107 Å². The molecule has 1 fully saturated rings. The Balaban J connectivity index is 1.41. The van der Waals surface area contributed by atoms with Crippen molar-refractivity contribution in [1.82, 2.24) is 24.6 Å². The summed E-state index contributed by atoms with van der Waals surface area (Å²) in [5.74, 6) is -0.215. The quantitative estimate of drug-likeness (QED) is 0.371. The Hall–Kier alpha value is -3.80. The van der Waals surface area contributed by atoms with Crippen LogP contribution in [0.15, 0.2) is 36.4 Å². The van der Waals surface area contributed by atoms with E-state index in [1.54, 1.807) is 11.9 Å². The molecule has 0 saturated carbocycles. The Morgan fingerprint density at radius 3 is 2.54 bits per heavy atom. The van der Waals surface area contributed by atoms with Crippen molar-refractivity contribution >= 4 is 29.2 Å². The number of aryl methyl sites for hydroxylation is 1. The highest BCUT2D eigenvalue weighted by atomic mass is 32.1.